The van der Waals surface area contributed by atoms with Crippen molar-refractivity contribution in [2.24, 2.45) is 5.92 Å². The van der Waals surface area contributed by atoms with E-state index in [1.807, 2.05) is 12.1 Å². The van der Waals surface area contributed by atoms with Crippen LogP contribution in [0.15, 0.2) is 71.2 Å². The van der Waals surface area contributed by atoms with Crippen LogP contribution in [0.25, 0.3) is 0 Å². The maximum Gasteiger partial charge on any atom is 0.173 e. The Balaban J connectivity index is 1.78. The molecule has 2 N–H and O–H groups in total. The molecule has 2 unspecified atom stereocenters. The molecule has 2 aromatic rings. The average Bonchev–Trinajstić information content (AvgIpc) is 3.62. The quantitative estimate of drug-likeness (QED) is 0.138. The van der Waals surface area contributed by atoms with Gasteiger partial charge in [0.15, 0.2) is 11.6 Å². The van der Waals surface area contributed by atoms with Gasteiger partial charge in [0, 0.05) is 24.3 Å². The van der Waals surface area contributed by atoms with E-state index in [-0.39, 0.29) is 40.8 Å². The molecule has 0 heterocycles. The van der Waals surface area contributed by atoms with Crippen LogP contribution in [0.3, 0.4) is 0 Å². The van der Waals surface area contributed by atoms with Crippen LogP contribution in [-0.4, -0.2) is 21.8 Å². The van der Waals surface area contributed by atoms with Crippen molar-refractivity contribution in [3.8, 4) is 11.5 Å². The number of halogens is 1. The van der Waals surface area contributed by atoms with Gasteiger partial charge in [0.25, 0.3) is 0 Å². The van der Waals surface area contributed by atoms with Crippen molar-refractivity contribution in [1.82, 2.24) is 0 Å². The minimum Gasteiger partial charge on any atom is -0.512 e. The summed E-state index contributed by atoms with van der Waals surface area (Å²) in [4.78, 5) is 25.8. The van der Waals surface area contributed by atoms with Crippen LogP contribution in [0.5, 0.6) is 11.5 Å². The maximum atomic E-state index is 13.2. The van der Waals surface area contributed by atoms with Crippen LogP contribution in [0.2, 0.25) is 0 Å². The molecule has 2 atom stereocenters. The third-order valence-corrected chi connectivity index (χ3v) is 5.89. The average molecular weight is 453 g/mol. The van der Waals surface area contributed by atoms with E-state index in [2.05, 4.69) is 0 Å². The molecule has 1 aliphatic rings. The highest BCUT2D eigenvalue weighted by atomic mass is 19.1. The lowest BCUT2D eigenvalue weighted by Gasteiger charge is -2.12. The van der Waals surface area contributed by atoms with Crippen LogP contribution >= 0.6 is 0 Å². The number of carbonyl (C=O) groups is 2. The number of ether oxygens (including phenoxy) is 1. The lowest BCUT2D eigenvalue weighted by molar-refractivity contribution is -0.122. The fourth-order valence-corrected chi connectivity index (χ4v) is 3.90. The third kappa shape index (κ3) is 5.51. The van der Waals surface area contributed by atoms with Gasteiger partial charge in [-0.1, -0.05) is 32.9 Å². The van der Waals surface area contributed by atoms with Crippen LogP contribution in [0, 0.1) is 11.7 Å². The lowest BCUT2D eigenvalue weighted by atomic mass is 9.93. The number of Topliss-reactive ketones (excluding diaryl/α,β-unsaturated/α-hetero) is 2. The van der Waals surface area contributed by atoms with Crippen molar-refractivity contribution < 1.29 is 28.9 Å². The first kappa shape index (κ1) is 24.2. The van der Waals surface area contributed by atoms with E-state index >= 15 is 0 Å². The Morgan fingerprint density at radius 1 is 0.909 bits per heavy atom. The number of aliphatic hydroxyl groups excluding tert-OH is 2. The Hall–Kier alpha value is -3.41. The highest BCUT2D eigenvalue weighted by molar-refractivity contribution is 6.22. The first-order valence-corrected chi connectivity index (χ1v) is 11.3. The summed E-state index contributed by atoms with van der Waals surface area (Å²) in [5.41, 5.74) is 0.963. The minimum absolute atomic E-state index is 0.0201. The molecule has 33 heavy (non-hydrogen) atoms. The number of allylic oxidation sites excluding steroid dienone is 3. The molecule has 5 nitrogen and oxygen atoms in total. The molecule has 0 spiro atoms. The summed E-state index contributed by atoms with van der Waals surface area (Å²) in [6.45, 7) is 5.13. The van der Waals surface area contributed by atoms with E-state index in [1.54, 1.807) is 45.0 Å². The van der Waals surface area contributed by atoms with Crippen LogP contribution in [0.4, 0.5) is 4.39 Å². The molecule has 1 saturated carbocycles. The molecule has 0 amide bonds. The molecule has 1 aliphatic carbocycles. The molecule has 0 radical (unpaired) electrons. The molecule has 1 fully saturated rings. The Morgan fingerprint density at radius 2 is 1.48 bits per heavy atom. The van der Waals surface area contributed by atoms with Crippen molar-refractivity contribution >= 4 is 11.6 Å². The predicted octanol–water partition coefficient (Wildman–Crippen LogP) is 6.71. The van der Waals surface area contributed by atoms with Gasteiger partial charge in [-0.2, -0.15) is 0 Å². The fourth-order valence-electron chi connectivity index (χ4n) is 3.90. The summed E-state index contributed by atoms with van der Waals surface area (Å²) in [6, 6.07) is 13.0. The number of benzene rings is 2. The molecule has 2 aromatic carbocycles. The second-order valence-electron chi connectivity index (χ2n) is 8.07. The number of ketones is 2. The fraction of sp³-hybridized carbons (Fsp3) is 0.333. The Labute approximate surface area is 193 Å². The SMILES string of the molecule is CCC(=O)/C(C(=O)C1CC1c1ccc(Oc2ccc(F)cc2)cc1)=C(O)\C(CC)=C(\O)CC. The van der Waals surface area contributed by atoms with E-state index in [0.717, 1.165) is 5.56 Å². The normalized spacial score (nSPS) is 18.8. The van der Waals surface area contributed by atoms with Gasteiger partial charge in [-0.15, -0.1) is 0 Å². The number of rotatable bonds is 10. The van der Waals surface area contributed by atoms with Gasteiger partial charge < -0.3 is 14.9 Å². The second-order valence-corrected chi connectivity index (χ2v) is 8.07. The molecule has 0 bridgehead atoms. The van der Waals surface area contributed by atoms with Crippen molar-refractivity contribution in [3.05, 3.63) is 82.6 Å². The summed E-state index contributed by atoms with van der Waals surface area (Å²) >= 11 is 0. The van der Waals surface area contributed by atoms with Crippen molar-refractivity contribution in [2.75, 3.05) is 0 Å². The van der Waals surface area contributed by atoms with Crippen molar-refractivity contribution in [2.45, 2.75) is 52.4 Å². The molecule has 0 aromatic heterocycles. The number of hydrogen-bond donors (Lipinski definition) is 2. The molecular formula is C27H29FO5. The summed E-state index contributed by atoms with van der Waals surface area (Å²) in [5, 5.41) is 20.9. The van der Waals surface area contributed by atoms with E-state index in [4.69, 9.17) is 4.74 Å². The van der Waals surface area contributed by atoms with Crippen molar-refractivity contribution in [1.29, 1.82) is 0 Å². The summed E-state index contributed by atoms with van der Waals surface area (Å²) in [5.74, 6) is -0.928. The molecule has 0 aliphatic heterocycles. The largest absolute Gasteiger partial charge is 0.512 e. The van der Waals surface area contributed by atoms with Gasteiger partial charge in [-0.25, -0.2) is 4.39 Å². The van der Waals surface area contributed by atoms with E-state index in [9.17, 15) is 24.2 Å². The molecular weight excluding hydrogens is 423 g/mol. The third-order valence-electron chi connectivity index (χ3n) is 5.89. The maximum absolute atomic E-state index is 13.2. The second kappa shape index (κ2) is 10.5. The predicted molar refractivity (Wildman–Crippen MR) is 124 cm³/mol. The topological polar surface area (TPSA) is 83.8 Å². The van der Waals surface area contributed by atoms with E-state index in [1.165, 1.54) is 12.1 Å². The van der Waals surface area contributed by atoms with Crippen molar-refractivity contribution in [3.63, 3.8) is 0 Å². The van der Waals surface area contributed by atoms with Crippen LogP contribution in [-0.2, 0) is 9.59 Å². The van der Waals surface area contributed by atoms with Crippen LogP contribution < -0.4 is 4.74 Å². The monoisotopic (exact) mass is 452 g/mol. The van der Waals surface area contributed by atoms with Gasteiger partial charge in [0.05, 0.1) is 5.76 Å². The van der Waals surface area contributed by atoms with Gasteiger partial charge in [0.1, 0.15) is 28.6 Å². The van der Waals surface area contributed by atoms with Crippen LogP contribution in [0.1, 0.15) is 57.9 Å². The Morgan fingerprint density at radius 3 is 2.00 bits per heavy atom. The highest BCUT2D eigenvalue weighted by Crippen LogP contribution is 2.50. The van der Waals surface area contributed by atoms with E-state index in [0.29, 0.717) is 30.8 Å². The first-order valence-electron chi connectivity index (χ1n) is 11.3. The Bertz CT molecular complexity index is 1080. The molecule has 174 valence electrons. The number of carbonyl (C=O) groups excluding carboxylic acids is 2. The number of hydrogen-bond acceptors (Lipinski definition) is 5. The van der Waals surface area contributed by atoms with Gasteiger partial charge in [-0.3, -0.25) is 9.59 Å². The molecule has 0 saturated heterocycles. The van der Waals surface area contributed by atoms with Gasteiger partial charge >= 0.3 is 0 Å². The lowest BCUT2D eigenvalue weighted by Crippen LogP contribution is -2.18. The first-order chi connectivity index (χ1) is 15.8. The Kier molecular flexibility index (Phi) is 7.69. The number of aliphatic hydroxyl groups is 2. The zero-order valence-electron chi connectivity index (χ0n) is 19.1. The van der Waals surface area contributed by atoms with Gasteiger partial charge in [0.2, 0.25) is 0 Å². The van der Waals surface area contributed by atoms with E-state index < -0.39 is 17.5 Å². The summed E-state index contributed by atoms with van der Waals surface area (Å²) in [6.07, 6.45) is 1.27. The minimum atomic E-state index is -0.430. The van der Waals surface area contributed by atoms with Gasteiger partial charge in [-0.05, 0) is 60.7 Å². The standard InChI is InChI=1S/C27H29FO5/c1-4-20(23(29)5-2)26(31)25(24(30)6-3)27(32)22-15-21(22)16-7-11-18(12-8-16)33-19-13-9-17(28)10-14-19/h7-14,21-22,29,31H,4-6,15H2,1-3H3/b23-20+,26-25-. The zero-order chi connectivity index (χ0) is 24.1. The zero-order valence-corrected chi connectivity index (χ0v) is 19.1. The summed E-state index contributed by atoms with van der Waals surface area (Å²) < 4.78 is 18.7. The molecule has 3 rings (SSSR count). The highest BCUT2D eigenvalue weighted by Gasteiger charge is 2.46. The summed E-state index contributed by atoms with van der Waals surface area (Å²) in [7, 11) is 0. The molecule has 6 heteroatoms. The smallest absolute Gasteiger partial charge is 0.173 e.